The normalized spacial score (nSPS) is 13.4. The number of anilines is 1. The molecule has 3 nitrogen and oxygen atoms in total. The third kappa shape index (κ3) is 2.90. The van der Waals surface area contributed by atoms with Crippen LogP contribution in [0.25, 0.3) is 0 Å². The van der Waals surface area contributed by atoms with Crippen LogP contribution in [0.1, 0.15) is 21.5 Å². The zero-order valence-electron chi connectivity index (χ0n) is 11.4. The van der Waals surface area contributed by atoms with Crippen molar-refractivity contribution in [1.29, 1.82) is 0 Å². The van der Waals surface area contributed by atoms with E-state index in [9.17, 15) is 18.0 Å². The lowest BCUT2D eigenvalue weighted by atomic mass is 10.1. The molecule has 114 valence electrons. The highest BCUT2D eigenvalue weighted by atomic mass is 19.4. The Morgan fingerprint density at radius 3 is 2.50 bits per heavy atom. The highest BCUT2D eigenvalue weighted by molar-refractivity contribution is 6.04. The van der Waals surface area contributed by atoms with Gasteiger partial charge in [-0.2, -0.15) is 13.2 Å². The average Bonchev–Trinajstić information content (AvgIpc) is 2.94. The van der Waals surface area contributed by atoms with Gasteiger partial charge in [-0.3, -0.25) is 4.79 Å². The van der Waals surface area contributed by atoms with Gasteiger partial charge in [0.25, 0.3) is 5.91 Å². The fraction of sp³-hybridized carbons (Fsp3) is 0.188. The van der Waals surface area contributed by atoms with Crippen LogP contribution in [0, 0.1) is 0 Å². The highest BCUT2D eigenvalue weighted by Crippen LogP contribution is 2.30. The predicted molar refractivity (Wildman–Crippen MR) is 75.0 cm³/mol. The highest BCUT2D eigenvalue weighted by Gasteiger charge is 2.30. The van der Waals surface area contributed by atoms with E-state index >= 15 is 0 Å². The molecule has 1 amide bonds. The second kappa shape index (κ2) is 5.36. The molecule has 0 saturated heterocycles. The van der Waals surface area contributed by atoms with Crippen LogP contribution >= 0.6 is 0 Å². The van der Waals surface area contributed by atoms with Crippen molar-refractivity contribution >= 4 is 11.6 Å². The Balaban J connectivity index is 1.74. The largest absolute Gasteiger partial charge is 0.493 e. The van der Waals surface area contributed by atoms with Gasteiger partial charge in [-0.25, -0.2) is 0 Å². The third-order valence-corrected chi connectivity index (χ3v) is 3.42. The topological polar surface area (TPSA) is 38.3 Å². The molecule has 0 aliphatic carbocycles. The molecule has 0 fully saturated rings. The van der Waals surface area contributed by atoms with Crippen molar-refractivity contribution in [2.24, 2.45) is 0 Å². The molecule has 0 bridgehead atoms. The van der Waals surface area contributed by atoms with E-state index in [0.717, 1.165) is 42.0 Å². The first-order valence-electron chi connectivity index (χ1n) is 6.68. The number of ether oxygens (including phenoxy) is 1. The minimum atomic E-state index is -4.41. The molecule has 2 aromatic rings. The van der Waals surface area contributed by atoms with E-state index < -0.39 is 17.6 Å². The van der Waals surface area contributed by atoms with Crippen LogP contribution in [-0.4, -0.2) is 12.5 Å². The molecule has 0 radical (unpaired) electrons. The van der Waals surface area contributed by atoms with Crippen molar-refractivity contribution < 1.29 is 22.7 Å². The van der Waals surface area contributed by atoms with Gasteiger partial charge in [-0.15, -0.1) is 0 Å². The van der Waals surface area contributed by atoms with Gasteiger partial charge < -0.3 is 10.1 Å². The number of nitrogens with one attached hydrogen (secondary N) is 1. The molecule has 1 N–H and O–H groups in total. The monoisotopic (exact) mass is 307 g/mol. The number of rotatable bonds is 2. The molecule has 2 aromatic carbocycles. The van der Waals surface area contributed by atoms with Crippen molar-refractivity contribution in [3.05, 3.63) is 59.2 Å². The van der Waals surface area contributed by atoms with Crippen LogP contribution in [0.3, 0.4) is 0 Å². The lowest BCUT2D eigenvalue weighted by molar-refractivity contribution is -0.137. The summed E-state index contributed by atoms with van der Waals surface area (Å²) in [5.41, 5.74) is 0.989. The second-order valence-electron chi connectivity index (χ2n) is 4.95. The summed E-state index contributed by atoms with van der Waals surface area (Å²) in [6.45, 7) is 0.617. The van der Waals surface area contributed by atoms with Crippen molar-refractivity contribution in [3.63, 3.8) is 0 Å². The molecule has 6 heteroatoms. The summed E-state index contributed by atoms with van der Waals surface area (Å²) in [6.07, 6.45) is -3.63. The van der Waals surface area contributed by atoms with E-state index in [1.54, 1.807) is 12.1 Å². The van der Waals surface area contributed by atoms with Crippen LogP contribution in [-0.2, 0) is 12.6 Å². The van der Waals surface area contributed by atoms with E-state index in [4.69, 9.17) is 4.74 Å². The summed E-state index contributed by atoms with van der Waals surface area (Å²) in [5.74, 6) is 0.347. The van der Waals surface area contributed by atoms with Gasteiger partial charge >= 0.3 is 6.18 Å². The maximum Gasteiger partial charge on any atom is 0.416 e. The zero-order valence-corrected chi connectivity index (χ0v) is 11.4. The van der Waals surface area contributed by atoms with Crippen LogP contribution < -0.4 is 10.1 Å². The Morgan fingerprint density at radius 2 is 1.82 bits per heavy atom. The first kappa shape index (κ1) is 14.4. The van der Waals surface area contributed by atoms with Gasteiger partial charge in [0, 0.05) is 17.7 Å². The number of carbonyl (C=O) groups excluding carboxylic acids is 1. The van der Waals surface area contributed by atoms with E-state index in [1.807, 2.05) is 6.07 Å². The van der Waals surface area contributed by atoms with Crippen molar-refractivity contribution in [2.75, 3.05) is 11.9 Å². The molecule has 3 rings (SSSR count). The number of hydrogen-bond donors (Lipinski definition) is 1. The average molecular weight is 307 g/mol. The first-order chi connectivity index (χ1) is 10.4. The minimum absolute atomic E-state index is 0.171. The Hall–Kier alpha value is -2.50. The van der Waals surface area contributed by atoms with Crippen LogP contribution in [0.5, 0.6) is 5.75 Å². The van der Waals surface area contributed by atoms with Gasteiger partial charge in [0.2, 0.25) is 0 Å². The number of fused-ring (bicyclic) bond motifs is 1. The SMILES string of the molecule is O=C(Nc1ccc2c(c1)CCO2)c1ccc(C(F)(F)F)cc1. The quantitative estimate of drug-likeness (QED) is 0.914. The molecular weight excluding hydrogens is 295 g/mol. The van der Waals surface area contributed by atoms with Gasteiger partial charge in [0.15, 0.2) is 0 Å². The summed E-state index contributed by atoms with van der Waals surface area (Å²) in [6, 6.07) is 9.39. The van der Waals surface area contributed by atoms with Crippen molar-refractivity contribution in [1.82, 2.24) is 0 Å². The number of benzene rings is 2. The number of alkyl halides is 3. The minimum Gasteiger partial charge on any atom is -0.493 e. The summed E-state index contributed by atoms with van der Waals surface area (Å²) >= 11 is 0. The maximum absolute atomic E-state index is 12.5. The Kier molecular flexibility index (Phi) is 3.52. The Labute approximate surface area is 124 Å². The molecule has 0 saturated carbocycles. The molecule has 0 unspecified atom stereocenters. The van der Waals surface area contributed by atoms with Gasteiger partial charge in [-0.05, 0) is 48.0 Å². The standard InChI is InChI=1S/C16H12F3NO2/c17-16(18,19)12-3-1-10(2-4-12)15(21)20-13-5-6-14-11(9-13)7-8-22-14/h1-6,9H,7-8H2,(H,20,21). The van der Waals surface area contributed by atoms with Crippen LogP contribution in [0.4, 0.5) is 18.9 Å². The zero-order chi connectivity index (χ0) is 15.7. The summed E-state index contributed by atoms with van der Waals surface area (Å²) in [4.78, 5) is 12.1. The third-order valence-electron chi connectivity index (χ3n) is 3.42. The fourth-order valence-electron chi connectivity index (χ4n) is 2.28. The molecular formula is C16H12F3NO2. The van der Waals surface area contributed by atoms with E-state index in [1.165, 1.54) is 0 Å². The van der Waals surface area contributed by atoms with Crippen molar-refractivity contribution in [3.8, 4) is 5.75 Å². The molecule has 1 aliphatic heterocycles. The summed E-state index contributed by atoms with van der Waals surface area (Å²) in [7, 11) is 0. The first-order valence-corrected chi connectivity index (χ1v) is 6.68. The number of halogens is 3. The number of carbonyl (C=O) groups is 1. The fourth-order valence-corrected chi connectivity index (χ4v) is 2.28. The molecule has 0 atom stereocenters. The van der Waals surface area contributed by atoms with Crippen LogP contribution in [0.2, 0.25) is 0 Å². The molecule has 0 aromatic heterocycles. The summed E-state index contributed by atoms with van der Waals surface area (Å²) < 4.78 is 42.8. The Bertz CT molecular complexity index is 708. The van der Waals surface area contributed by atoms with Gasteiger partial charge in [0.05, 0.1) is 12.2 Å². The lowest BCUT2D eigenvalue weighted by Crippen LogP contribution is -2.13. The Morgan fingerprint density at radius 1 is 1.09 bits per heavy atom. The van der Waals surface area contributed by atoms with Gasteiger partial charge in [-0.1, -0.05) is 0 Å². The number of hydrogen-bond acceptors (Lipinski definition) is 2. The second-order valence-corrected chi connectivity index (χ2v) is 4.95. The van der Waals surface area contributed by atoms with E-state index in [-0.39, 0.29) is 5.56 Å². The molecule has 1 aliphatic rings. The molecule has 1 heterocycles. The maximum atomic E-state index is 12.5. The smallest absolute Gasteiger partial charge is 0.416 e. The predicted octanol–water partition coefficient (Wildman–Crippen LogP) is 3.89. The van der Waals surface area contributed by atoms with Crippen LogP contribution in [0.15, 0.2) is 42.5 Å². The lowest BCUT2D eigenvalue weighted by Gasteiger charge is -2.09. The van der Waals surface area contributed by atoms with E-state index in [0.29, 0.717) is 12.3 Å². The molecule has 0 spiro atoms. The summed E-state index contributed by atoms with van der Waals surface area (Å²) in [5, 5.41) is 2.67. The number of amides is 1. The van der Waals surface area contributed by atoms with E-state index in [2.05, 4.69) is 5.32 Å². The molecule has 22 heavy (non-hydrogen) atoms. The van der Waals surface area contributed by atoms with Crippen molar-refractivity contribution in [2.45, 2.75) is 12.6 Å². The van der Waals surface area contributed by atoms with Gasteiger partial charge in [0.1, 0.15) is 5.75 Å².